The summed E-state index contributed by atoms with van der Waals surface area (Å²) in [6, 6.07) is 11.0. The van der Waals surface area contributed by atoms with Crippen LogP contribution in [0.3, 0.4) is 0 Å². The van der Waals surface area contributed by atoms with Crippen molar-refractivity contribution in [3.63, 3.8) is 0 Å². The molecule has 5 aromatic rings. The number of anilines is 1. The van der Waals surface area contributed by atoms with Gasteiger partial charge >= 0.3 is 0 Å². The average Bonchev–Trinajstić information content (AvgIpc) is 3.61. The summed E-state index contributed by atoms with van der Waals surface area (Å²) in [7, 11) is -1.45. The van der Waals surface area contributed by atoms with Crippen molar-refractivity contribution >= 4 is 43.4 Å². The smallest absolute Gasteiger partial charge is 0.161 e. The molecular formula is C35H39FN8S. The maximum atomic E-state index is 14.9. The number of H-pyrrole nitrogens is 2. The highest BCUT2D eigenvalue weighted by Gasteiger charge is 2.20. The predicted molar refractivity (Wildman–Crippen MR) is 190 cm³/mol. The summed E-state index contributed by atoms with van der Waals surface area (Å²) in [4.78, 5) is 17.8. The summed E-state index contributed by atoms with van der Waals surface area (Å²) in [5.41, 5.74) is 9.53. The first-order valence-electron chi connectivity index (χ1n) is 14.7. The Balaban J connectivity index is 1.53. The molecule has 232 valence electrons. The van der Waals surface area contributed by atoms with Crippen molar-refractivity contribution < 1.29 is 4.39 Å². The Kier molecular flexibility index (Phi) is 9.45. The fourth-order valence-corrected chi connectivity index (χ4v) is 5.44. The van der Waals surface area contributed by atoms with Crippen LogP contribution in [-0.2, 0) is 6.54 Å². The molecule has 0 amide bonds. The summed E-state index contributed by atoms with van der Waals surface area (Å²) < 4.78 is 18.2. The number of aromatic nitrogens is 6. The number of hydrogen-bond acceptors (Lipinski definition) is 6. The largest absolute Gasteiger partial charge is 0.358 e. The minimum absolute atomic E-state index is 0.325. The first-order valence-corrected chi connectivity index (χ1v) is 17.1. The van der Waals surface area contributed by atoms with E-state index in [1.54, 1.807) is 12.4 Å². The third-order valence-electron chi connectivity index (χ3n) is 7.19. The van der Waals surface area contributed by atoms with Crippen molar-refractivity contribution in [2.24, 2.45) is 0 Å². The maximum absolute atomic E-state index is 14.9. The van der Waals surface area contributed by atoms with Crippen LogP contribution in [0.4, 0.5) is 10.1 Å². The molecule has 0 spiro atoms. The molecule has 0 aliphatic rings. The number of hydrogen-bond donors (Lipinski definition) is 4. The SMILES string of the molecule is C=S(=C)(C)NCc1cc(F)cc(/C(=C/C=C\C)c2nc(-c3n[nH]c4ccc(-c5cncc(N/C(=C\C)CC)c5)nc34)[nH]c2C)c1. The monoisotopic (exact) mass is 622 g/mol. The lowest BCUT2D eigenvalue weighted by molar-refractivity contribution is 0.624. The van der Waals surface area contributed by atoms with E-state index < -0.39 is 9.39 Å². The van der Waals surface area contributed by atoms with Crippen LogP contribution >= 0.6 is 9.39 Å². The van der Waals surface area contributed by atoms with Crippen molar-refractivity contribution in [2.75, 3.05) is 11.6 Å². The average molecular weight is 623 g/mol. The second-order valence-corrected chi connectivity index (χ2v) is 13.9. The van der Waals surface area contributed by atoms with Crippen molar-refractivity contribution in [3.8, 4) is 22.8 Å². The Morgan fingerprint density at radius 3 is 2.64 bits per heavy atom. The molecule has 0 radical (unpaired) electrons. The molecule has 45 heavy (non-hydrogen) atoms. The van der Waals surface area contributed by atoms with E-state index in [-0.39, 0.29) is 5.82 Å². The van der Waals surface area contributed by atoms with Crippen LogP contribution in [0.15, 0.2) is 78.8 Å². The van der Waals surface area contributed by atoms with Crippen LogP contribution in [-0.4, -0.2) is 48.1 Å². The van der Waals surface area contributed by atoms with E-state index >= 15 is 0 Å². The van der Waals surface area contributed by atoms with E-state index in [0.717, 1.165) is 51.4 Å². The molecule has 4 heterocycles. The Bertz CT molecular complexity index is 2050. The first kappa shape index (κ1) is 31.6. The van der Waals surface area contributed by atoms with Crippen LogP contribution in [0.25, 0.3) is 39.4 Å². The molecule has 1 aromatic carbocycles. The molecule has 5 rings (SSSR count). The quantitative estimate of drug-likeness (QED) is 0.0882. The van der Waals surface area contributed by atoms with Gasteiger partial charge in [0.25, 0.3) is 0 Å². The molecule has 8 nitrogen and oxygen atoms in total. The van der Waals surface area contributed by atoms with Crippen molar-refractivity contribution in [2.45, 2.75) is 40.7 Å². The Labute approximate surface area is 264 Å². The van der Waals surface area contributed by atoms with Gasteiger partial charge in [-0.05, 0) is 81.0 Å². The third-order valence-corrected chi connectivity index (χ3v) is 8.03. The summed E-state index contributed by atoms with van der Waals surface area (Å²) in [5.74, 6) is 8.37. The number of benzene rings is 1. The minimum atomic E-state index is -1.45. The number of rotatable bonds is 11. The molecule has 10 heteroatoms. The van der Waals surface area contributed by atoms with E-state index in [2.05, 4.69) is 54.9 Å². The second-order valence-electron chi connectivity index (χ2n) is 11.0. The van der Waals surface area contributed by atoms with Gasteiger partial charge in [-0.15, -0.1) is 0 Å². The highest BCUT2D eigenvalue weighted by Crippen LogP contribution is 2.32. The summed E-state index contributed by atoms with van der Waals surface area (Å²) in [6.45, 7) is 8.46. The Morgan fingerprint density at radius 1 is 1.09 bits per heavy atom. The summed E-state index contributed by atoms with van der Waals surface area (Å²) in [5, 5.41) is 11.1. The summed E-state index contributed by atoms with van der Waals surface area (Å²) in [6.07, 6.45) is 14.3. The fourth-order valence-electron chi connectivity index (χ4n) is 4.93. The van der Waals surface area contributed by atoms with Gasteiger partial charge in [-0.25, -0.2) is 14.4 Å². The molecule has 0 aliphatic heterocycles. The van der Waals surface area contributed by atoms with Crippen molar-refractivity contribution in [1.82, 2.24) is 34.9 Å². The molecule has 0 bridgehead atoms. The van der Waals surface area contributed by atoms with E-state index in [9.17, 15) is 4.39 Å². The van der Waals surface area contributed by atoms with Crippen molar-refractivity contribution in [3.05, 3.63) is 107 Å². The molecule has 0 atom stereocenters. The third kappa shape index (κ3) is 7.47. The zero-order chi connectivity index (χ0) is 32.1. The van der Waals surface area contributed by atoms with E-state index in [0.29, 0.717) is 34.8 Å². The number of fused-ring (bicyclic) bond motifs is 1. The zero-order valence-electron chi connectivity index (χ0n) is 26.3. The van der Waals surface area contributed by atoms with Crippen LogP contribution in [0.5, 0.6) is 0 Å². The lowest BCUT2D eigenvalue weighted by Gasteiger charge is -2.13. The number of nitrogens with one attached hydrogen (secondary N) is 4. The van der Waals surface area contributed by atoms with Gasteiger partial charge in [0.15, 0.2) is 11.5 Å². The zero-order valence-corrected chi connectivity index (χ0v) is 27.1. The second kappa shape index (κ2) is 13.5. The van der Waals surface area contributed by atoms with Gasteiger partial charge in [-0.2, -0.15) is 14.5 Å². The number of aryl methyl sites for hydroxylation is 1. The minimum Gasteiger partial charge on any atom is -0.358 e. The molecule has 4 N–H and O–H groups in total. The normalized spacial score (nSPS) is 12.8. The van der Waals surface area contributed by atoms with Gasteiger partial charge in [0.05, 0.1) is 28.8 Å². The summed E-state index contributed by atoms with van der Waals surface area (Å²) >= 11 is 0. The topological polar surface area (TPSA) is 107 Å². The first-order chi connectivity index (χ1) is 21.6. The number of pyridine rings is 2. The number of allylic oxidation sites excluding steroid dienone is 5. The maximum Gasteiger partial charge on any atom is 0.161 e. The van der Waals surface area contributed by atoms with Gasteiger partial charge in [-0.3, -0.25) is 14.8 Å². The van der Waals surface area contributed by atoms with Gasteiger partial charge < -0.3 is 10.3 Å². The predicted octanol–water partition coefficient (Wildman–Crippen LogP) is 7.89. The highest BCUT2D eigenvalue weighted by atomic mass is 32.2. The highest BCUT2D eigenvalue weighted by molar-refractivity contribution is 8.25. The molecule has 0 aliphatic carbocycles. The van der Waals surface area contributed by atoms with Crippen LogP contribution in [0.2, 0.25) is 0 Å². The Morgan fingerprint density at radius 2 is 1.91 bits per heavy atom. The van der Waals surface area contributed by atoms with Gasteiger partial charge in [0, 0.05) is 35.3 Å². The number of aromatic amines is 2. The van der Waals surface area contributed by atoms with E-state index in [1.807, 2.05) is 69.5 Å². The Hall–Kier alpha value is -4.80. The molecule has 0 saturated heterocycles. The van der Waals surface area contributed by atoms with E-state index in [1.165, 1.54) is 12.1 Å². The molecule has 0 unspecified atom stereocenters. The number of halogens is 1. The lowest BCUT2D eigenvalue weighted by Crippen LogP contribution is -2.08. The van der Waals surface area contributed by atoms with Gasteiger partial charge in [-0.1, -0.05) is 43.0 Å². The standard InChI is InChI=1S/C35H39FN8S/c1-8-11-12-29(24-15-23(16-26(36)17-24)19-38-45(5,6)7)32-22(4)39-35(42-32)34-33-31(43-44-34)14-13-30(41-33)25-18-28(21-37-20-25)40-27(9-2)10-3/h8-9,11-18,20-21,38,40H,5-6,10,19H2,1-4,7H3,(H,39,42)(H,43,44)/b11-8-,27-9-,29-12-. The molecule has 4 aromatic heterocycles. The van der Waals surface area contributed by atoms with Gasteiger partial charge in [0.2, 0.25) is 0 Å². The molecule has 0 fully saturated rings. The van der Waals surface area contributed by atoms with Gasteiger partial charge in [0.1, 0.15) is 11.3 Å². The number of imidazole rings is 1. The van der Waals surface area contributed by atoms with Crippen LogP contribution in [0.1, 0.15) is 49.7 Å². The molecular weight excluding hydrogens is 584 g/mol. The fraction of sp³-hybridized carbons (Fsp3) is 0.200. The number of nitrogens with zero attached hydrogens (tertiary/aromatic N) is 4. The molecule has 0 saturated carbocycles. The van der Waals surface area contributed by atoms with Crippen molar-refractivity contribution in [1.29, 1.82) is 0 Å². The van der Waals surface area contributed by atoms with Crippen LogP contribution < -0.4 is 10.0 Å². The van der Waals surface area contributed by atoms with Crippen LogP contribution in [0, 0.1) is 12.7 Å². The lowest BCUT2D eigenvalue weighted by atomic mass is 9.98. The van der Waals surface area contributed by atoms with E-state index in [4.69, 9.17) is 9.97 Å².